The third-order valence-corrected chi connectivity index (χ3v) is 18.5. The Morgan fingerprint density at radius 2 is 1.53 bits per heavy atom. The van der Waals surface area contributed by atoms with E-state index in [4.69, 9.17) is 47.5 Å². The normalized spacial score (nSPS) is 20.6. The zero-order valence-corrected chi connectivity index (χ0v) is 47.3. The number of carbonyl (C=O) groups excluding carboxylic acids is 4. The number of hydrogen-bond donors (Lipinski definition) is 2. The Kier molecular flexibility index (Phi) is 15.9. The minimum atomic E-state index is -5.38. The van der Waals surface area contributed by atoms with Gasteiger partial charge < -0.3 is 48.0 Å². The number of aromatic nitrogens is 2. The summed E-state index contributed by atoms with van der Waals surface area (Å²) in [5.41, 5.74) is -4.54. The first kappa shape index (κ1) is 56.7. The molecule has 3 aliphatic heterocycles. The average molecular weight is 1130 g/mol. The molecule has 1 saturated carbocycles. The van der Waals surface area contributed by atoms with Gasteiger partial charge in [0.2, 0.25) is 17.4 Å². The van der Waals surface area contributed by atoms with Crippen LogP contribution in [0, 0.1) is 17.8 Å². The zero-order valence-electron chi connectivity index (χ0n) is 44.7. The number of H-pyrrole nitrogens is 1. The number of aromatic amines is 1. The molecule has 9 rings (SSSR count). The zero-order chi connectivity index (χ0) is 56.1. The summed E-state index contributed by atoms with van der Waals surface area (Å²) in [6.45, 7) is 11.3. The molecule has 2 aromatic heterocycles. The summed E-state index contributed by atoms with van der Waals surface area (Å²) in [5, 5.41) is 8.48. The van der Waals surface area contributed by atoms with Crippen molar-refractivity contribution in [3.63, 3.8) is 0 Å². The van der Waals surface area contributed by atoms with Crippen molar-refractivity contribution in [2.75, 3.05) is 46.1 Å². The number of nitrogens with zero attached hydrogens (tertiary/aromatic N) is 4. The van der Waals surface area contributed by atoms with Gasteiger partial charge in [0.1, 0.15) is 25.3 Å². The molecule has 1 spiro atoms. The summed E-state index contributed by atoms with van der Waals surface area (Å²) in [5.74, 6) is -2.11. The number of nitrogens with one attached hydrogen (secondary N) is 2. The van der Waals surface area contributed by atoms with E-state index < -0.39 is 78.7 Å². The third kappa shape index (κ3) is 11.7. The first-order chi connectivity index (χ1) is 36.8. The summed E-state index contributed by atoms with van der Waals surface area (Å²) < 4.78 is 75.6. The molecule has 5 aromatic rings. The molecule has 78 heavy (non-hydrogen) atoms. The number of rotatable bonds is 15. The number of aryl methyl sites for hydroxylation is 1. The van der Waals surface area contributed by atoms with E-state index in [1.165, 1.54) is 23.1 Å². The van der Waals surface area contributed by atoms with Gasteiger partial charge in [-0.05, 0) is 123 Å². The quantitative estimate of drug-likeness (QED) is 0.0570. The molecule has 4 fully saturated rings. The first-order valence-electron chi connectivity index (χ1n) is 26.2. The molecule has 0 unspecified atom stereocenters. The van der Waals surface area contributed by atoms with Gasteiger partial charge in [0.15, 0.2) is 21.4 Å². The van der Waals surface area contributed by atoms with Crippen LogP contribution in [0.3, 0.4) is 0 Å². The topological polar surface area (TPSA) is 203 Å². The van der Waals surface area contributed by atoms with Crippen molar-refractivity contribution in [3.8, 4) is 0 Å². The molecule has 1 aliphatic carbocycles. The van der Waals surface area contributed by atoms with E-state index in [2.05, 4.69) is 15.5 Å². The molecule has 4 atom stereocenters. The van der Waals surface area contributed by atoms with E-state index in [0.717, 1.165) is 36.1 Å². The summed E-state index contributed by atoms with van der Waals surface area (Å²) in [6.07, 6.45) is 5.06. The minimum Gasteiger partial charge on any atom is -0.484 e. The van der Waals surface area contributed by atoms with Crippen LogP contribution in [0.2, 0.25) is 0 Å². The molecule has 4 aliphatic rings. The van der Waals surface area contributed by atoms with Gasteiger partial charge in [-0.25, -0.2) is 0 Å². The third-order valence-electron chi connectivity index (χ3n) is 15.0. The summed E-state index contributed by atoms with van der Waals surface area (Å²) in [7, 11) is -5.38. The molecule has 4 amide bonds. The Labute approximate surface area is 461 Å². The van der Waals surface area contributed by atoms with Crippen LogP contribution in [0.1, 0.15) is 124 Å². The number of pyridine rings is 1. The van der Waals surface area contributed by atoms with Crippen molar-refractivity contribution in [2.45, 2.75) is 122 Å². The average Bonchev–Trinajstić information content (AvgIpc) is 3.67. The number of benzene rings is 3. The Bertz CT molecular complexity index is 3260. The molecule has 0 bridgehead atoms. The number of carbonyl (C=O) groups is 4. The van der Waals surface area contributed by atoms with Gasteiger partial charge in [0, 0.05) is 64.8 Å². The maximum Gasteiger partial charge on any atom is 0.404 e. The van der Waals surface area contributed by atoms with Gasteiger partial charge in [0.25, 0.3) is 11.8 Å². The lowest BCUT2D eigenvalue weighted by molar-refractivity contribution is -0.148. The molecule has 0 radical (unpaired) electrons. The predicted octanol–water partition coefficient (Wildman–Crippen LogP) is 9.59. The van der Waals surface area contributed by atoms with Crippen LogP contribution in [0.5, 0.6) is 0 Å². The van der Waals surface area contributed by atoms with Gasteiger partial charge in [-0.2, -0.15) is 8.78 Å². The second-order valence-corrected chi connectivity index (χ2v) is 25.7. The van der Waals surface area contributed by atoms with E-state index in [-0.39, 0.29) is 76.0 Å². The van der Waals surface area contributed by atoms with Gasteiger partial charge >= 0.3 is 13.3 Å². The highest BCUT2D eigenvalue weighted by atomic mass is 32.1. The number of fused-ring (bicyclic) bond motifs is 3. The van der Waals surface area contributed by atoms with E-state index in [0.29, 0.717) is 48.6 Å². The molecular weight excluding hydrogens is 1070 g/mol. The van der Waals surface area contributed by atoms with Crippen molar-refractivity contribution in [2.24, 2.45) is 10.8 Å². The molecule has 3 aromatic carbocycles. The highest BCUT2D eigenvalue weighted by Crippen LogP contribution is 2.67. The number of ether oxygens (including phenoxy) is 2. The lowest BCUT2D eigenvalue weighted by Gasteiger charge is -2.40. The fourth-order valence-electron chi connectivity index (χ4n) is 10.6. The van der Waals surface area contributed by atoms with Crippen LogP contribution in [0.4, 0.5) is 8.78 Å². The molecule has 2 N–H and O–H groups in total. The smallest absolute Gasteiger partial charge is 0.404 e. The van der Waals surface area contributed by atoms with Crippen LogP contribution >= 0.6 is 32.0 Å². The fourth-order valence-corrected chi connectivity index (χ4v) is 12.2. The molecular formula is C56H65F2N6O11PS2. The number of thiocarbonyl (C=S) groups is 2. The molecule has 17 nitrogen and oxygen atoms in total. The van der Waals surface area contributed by atoms with Gasteiger partial charge in [0.05, 0.1) is 25.1 Å². The Morgan fingerprint density at radius 1 is 0.846 bits per heavy atom. The predicted molar refractivity (Wildman–Crippen MR) is 296 cm³/mol. The highest BCUT2D eigenvalue weighted by Gasteiger charge is 2.59. The van der Waals surface area contributed by atoms with Crippen LogP contribution in [-0.4, -0.2) is 128 Å². The van der Waals surface area contributed by atoms with Crippen LogP contribution < -0.4 is 10.9 Å². The number of likely N-dealkylation sites (tertiary alicyclic amines) is 1. The summed E-state index contributed by atoms with van der Waals surface area (Å²) in [4.78, 5) is 79.1. The van der Waals surface area contributed by atoms with E-state index in [9.17, 15) is 23.7 Å². The SMILES string of the molecule is Cc1ccc2onc(C(=O)N3CC[C@H]4CC[C@@H](C(=O)N5C[C@H](c6cc[nH]c(=O)c6)CC56CC6)N4C(=O)[C@@H](NC(=O)c4ccc5ccc(C(F)(F)P(=O)(OCCOC(=S)C(C)(C)C)OCCOC(=S)C(C)(C)C)cc5c4)C3)c2c1. The van der Waals surface area contributed by atoms with E-state index in [1.807, 2.05) is 65.5 Å². The number of halogens is 2. The van der Waals surface area contributed by atoms with E-state index >= 15 is 13.6 Å². The summed E-state index contributed by atoms with van der Waals surface area (Å²) in [6, 6.07) is 14.0. The second-order valence-electron chi connectivity index (χ2n) is 22.9. The largest absolute Gasteiger partial charge is 0.484 e. The van der Waals surface area contributed by atoms with E-state index in [1.54, 1.807) is 35.4 Å². The minimum absolute atomic E-state index is 0.0209. The van der Waals surface area contributed by atoms with Crippen LogP contribution in [-0.2, 0) is 38.3 Å². The molecule has 22 heteroatoms. The van der Waals surface area contributed by atoms with Gasteiger partial charge in [-0.1, -0.05) is 76.5 Å². The monoisotopic (exact) mass is 1130 g/mol. The lowest BCUT2D eigenvalue weighted by atomic mass is 9.96. The summed E-state index contributed by atoms with van der Waals surface area (Å²) >= 11 is 10.6. The molecule has 416 valence electrons. The van der Waals surface area contributed by atoms with Crippen molar-refractivity contribution in [3.05, 3.63) is 111 Å². The van der Waals surface area contributed by atoms with Crippen molar-refractivity contribution >= 4 is 87.5 Å². The van der Waals surface area contributed by atoms with Crippen molar-refractivity contribution < 1.29 is 55.6 Å². The van der Waals surface area contributed by atoms with Crippen LogP contribution in [0.15, 0.2) is 82.2 Å². The number of alkyl halides is 2. The Morgan fingerprint density at radius 3 is 2.18 bits per heavy atom. The fraction of sp³-hybridized carbons (Fsp3) is 0.500. The molecule has 3 saturated heterocycles. The second kappa shape index (κ2) is 21.9. The van der Waals surface area contributed by atoms with Crippen LogP contribution in [0.25, 0.3) is 21.7 Å². The number of hydrogen-bond acceptors (Lipinski definition) is 14. The standard InChI is InChI=1S/C56H65F2N6O11PS2/c1-33-8-15-44-41(26-33)46(61-75-44)50(69)62-21-17-40-13-14-43(49(68)63-31-38(30-55(63)18-19-55)35-16-20-59-45(65)29-35)64(40)48(67)42(32-62)60-47(66)36-10-9-34-11-12-39(28-37(34)27-36)56(57,58)76(70,73-24-22-71-51(77)53(2,3)4)74-25-23-72-52(78)54(5,6)7/h8-12,15-16,20,26-29,38,40,42-43H,13-14,17-19,21-25,30-32H2,1-7H3,(H,59,65)(H,60,66)/t38-,40-,42+,43+/m1/s1. The lowest BCUT2D eigenvalue weighted by Crippen LogP contribution is -2.61. The van der Waals surface area contributed by atoms with Crippen molar-refractivity contribution in [1.29, 1.82) is 0 Å². The maximum atomic E-state index is 16.9. The van der Waals surface area contributed by atoms with Gasteiger partial charge in [-0.15, -0.1) is 0 Å². The first-order valence-corrected chi connectivity index (χ1v) is 28.6. The molecule has 5 heterocycles. The maximum absolute atomic E-state index is 16.9. The van der Waals surface area contributed by atoms with Gasteiger partial charge in [-0.3, -0.25) is 28.5 Å². The van der Waals surface area contributed by atoms with Crippen molar-refractivity contribution in [1.82, 2.24) is 30.2 Å². The Hall–Kier alpha value is -5.99. The highest BCUT2D eigenvalue weighted by molar-refractivity contribution is 7.80. The Balaban J connectivity index is 0.988. The number of amides is 4.